The second-order valence-electron chi connectivity index (χ2n) is 5.12. The standard InChI is InChI=1S/C17H11Cl3N2O2.ClH/c18-12-4-1-10(2-5-12)16-8-15(17(23)24)21-22(16)9-11-3-6-13(19)7-14(11)20;/h1-8H,9H2,(H,23,24);1H. The number of hydrogen-bond donors (Lipinski definition) is 1. The molecule has 0 unspecified atom stereocenters. The predicted molar refractivity (Wildman–Crippen MR) is 102 cm³/mol. The first-order valence-electron chi connectivity index (χ1n) is 6.95. The molecule has 0 aliphatic rings. The van der Waals surface area contributed by atoms with Gasteiger partial charge in [0.15, 0.2) is 5.69 Å². The third-order valence-electron chi connectivity index (χ3n) is 3.47. The highest BCUT2D eigenvalue weighted by Crippen LogP contribution is 2.26. The lowest BCUT2D eigenvalue weighted by atomic mass is 10.1. The Morgan fingerprint density at radius 2 is 1.64 bits per heavy atom. The molecule has 0 atom stereocenters. The molecule has 0 saturated carbocycles. The number of nitrogens with zero attached hydrogens (tertiary/aromatic N) is 2. The molecular formula is C17H12Cl4N2O2. The van der Waals surface area contributed by atoms with E-state index in [0.29, 0.717) is 27.3 Å². The molecule has 3 aromatic rings. The minimum atomic E-state index is -1.09. The lowest BCUT2D eigenvalue weighted by molar-refractivity contribution is 0.0689. The second-order valence-corrected chi connectivity index (χ2v) is 6.40. The van der Waals surface area contributed by atoms with E-state index in [1.54, 1.807) is 35.0 Å². The van der Waals surface area contributed by atoms with Crippen LogP contribution in [-0.4, -0.2) is 20.9 Å². The van der Waals surface area contributed by atoms with Gasteiger partial charge >= 0.3 is 5.97 Å². The zero-order valence-corrected chi connectivity index (χ0v) is 15.7. The molecule has 0 saturated heterocycles. The minimum Gasteiger partial charge on any atom is -0.476 e. The van der Waals surface area contributed by atoms with Crippen molar-refractivity contribution in [1.82, 2.24) is 9.78 Å². The van der Waals surface area contributed by atoms with Crippen LogP contribution in [0.5, 0.6) is 0 Å². The third-order valence-corrected chi connectivity index (χ3v) is 4.31. The van der Waals surface area contributed by atoms with Gasteiger partial charge in [0.05, 0.1) is 12.2 Å². The van der Waals surface area contributed by atoms with Gasteiger partial charge in [0.2, 0.25) is 0 Å². The molecule has 0 bridgehead atoms. The summed E-state index contributed by atoms with van der Waals surface area (Å²) in [5.41, 5.74) is 2.22. The molecule has 25 heavy (non-hydrogen) atoms. The fourth-order valence-corrected chi connectivity index (χ4v) is 2.90. The van der Waals surface area contributed by atoms with Crippen molar-refractivity contribution in [2.45, 2.75) is 6.54 Å². The zero-order valence-electron chi connectivity index (χ0n) is 12.6. The fourth-order valence-electron chi connectivity index (χ4n) is 2.31. The van der Waals surface area contributed by atoms with Gasteiger partial charge < -0.3 is 5.11 Å². The predicted octanol–water partition coefficient (Wildman–Crippen LogP) is 5.68. The molecule has 8 heteroatoms. The van der Waals surface area contributed by atoms with Gasteiger partial charge in [-0.1, -0.05) is 53.0 Å². The van der Waals surface area contributed by atoms with Gasteiger partial charge in [-0.3, -0.25) is 4.68 Å². The minimum absolute atomic E-state index is 0. The van der Waals surface area contributed by atoms with E-state index >= 15 is 0 Å². The summed E-state index contributed by atoms with van der Waals surface area (Å²) in [5.74, 6) is -1.09. The number of aromatic nitrogens is 2. The third kappa shape index (κ3) is 4.47. The highest BCUT2D eigenvalue weighted by atomic mass is 35.5. The molecule has 3 rings (SSSR count). The fraction of sp³-hybridized carbons (Fsp3) is 0.0588. The molecule has 0 fully saturated rings. The van der Waals surface area contributed by atoms with Crippen LogP contribution >= 0.6 is 47.2 Å². The number of rotatable bonds is 4. The molecule has 2 aromatic carbocycles. The van der Waals surface area contributed by atoms with Crippen molar-refractivity contribution in [2.24, 2.45) is 0 Å². The highest BCUT2D eigenvalue weighted by Gasteiger charge is 2.16. The Labute approximate surface area is 165 Å². The Kier molecular flexibility index (Phi) is 6.36. The monoisotopic (exact) mass is 416 g/mol. The molecule has 1 N–H and O–H groups in total. The summed E-state index contributed by atoms with van der Waals surface area (Å²) in [4.78, 5) is 11.3. The number of hydrogen-bond acceptors (Lipinski definition) is 2. The van der Waals surface area contributed by atoms with Crippen LogP contribution in [0.2, 0.25) is 15.1 Å². The molecule has 130 valence electrons. The Bertz CT molecular complexity index is 908. The van der Waals surface area contributed by atoms with Crippen LogP contribution in [-0.2, 0) is 6.54 Å². The highest BCUT2D eigenvalue weighted by molar-refractivity contribution is 6.35. The van der Waals surface area contributed by atoms with Crippen LogP contribution in [0.4, 0.5) is 0 Å². The van der Waals surface area contributed by atoms with Gasteiger partial charge in [-0.05, 0) is 41.5 Å². The van der Waals surface area contributed by atoms with Crippen LogP contribution in [0.1, 0.15) is 16.1 Å². The molecule has 0 aliphatic carbocycles. The molecule has 0 radical (unpaired) electrons. The summed E-state index contributed by atoms with van der Waals surface area (Å²) in [6.07, 6.45) is 0. The van der Waals surface area contributed by atoms with Crippen molar-refractivity contribution in [3.05, 3.63) is 74.9 Å². The average molecular weight is 418 g/mol. The number of carboxylic acid groups (broad SMARTS) is 1. The number of benzene rings is 2. The largest absolute Gasteiger partial charge is 0.476 e. The topological polar surface area (TPSA) is 55.1 Å². The lowest BCUT2D eigenvalue weighted by Crippen LogP contribution is -2.06. The van der Waals surface area contributed by atoms with Crippen LogP contribution in [0, 0.1) is 0 Å². The first kappa shape index (κ1) is 19.6. The maximum Gasteiger partial charge on any atom is 0.356 e. The second kappa shape index (κ2) is 8.11. The van der Waals surface area contributed by atoms with Crippen LogP contribution < -0.4 is 0 Å². The van der Waals surface area contributed by atoms with Gasteiger partial charge in [-0.25, -0.2) is 4.79 Å². The normalized spacial score (nSPS) is 10.4. The molecule has 0 spiro atoms. The van der Waals surface area contributed by atoms with Crippen molar-refractivity contribution in [3.8, 4) is 11.3 Å². The summed E-state index contributed by atoms with van der Waals surface area (Å²) >= 11 is 18.0. The van der Waals surface area contributed by atoms with Crippen LogP contribution in [0.15, 0.2) is 48.5 Å². The van der Waals surface area contributed by atoms with Crippen molar-refractivity contribution in [1.29, 1.82) is 0 Å². The molecule has 1 heterocycles. The van der Waals surface area contributed by atoms with Gasteiger partial charge in [0.25, 0.3) is 0 Å². The van der Waals surface area contributed by atoms with E-state index in [9.17, 15) is 9.90 Å². The van der Waals surface area contributed by atoms with E-state index in [2.05, 4.69) is 5.10 Å². The van der Waals surface area contributed by atoms with Crippen molar-refractivity contribution < 1.29 is 9.90 Å². The Morgan fingerprint density at radius 1 is 1.00 bits per heavy atom. The Balaban J connectivity index is 0.00000225. The van der Waals surface area contributed by atoms with Crippen molar-refractivity contribution in [2.75, 3.05) is 0 Å². The van der Waals surface area contributed by atoms with Crippen molar-refractivity contribution >= 4 is 53.2 Å². The zero-order chi connectivity index (χ0) is 17.3. The molecule has 0 aliphatic heterocycles. The van der Waals surface area contributed by atoms with Gasteiger partial charge in [0, 0.05) is 15.1 Å². The number of halogens is 4. The lowest BCUT2D eigenvalue weighted by Gasteiger charge is -2.09. The van der Waals surface area contributed by atoms with Gasteiger partial charge in [-0.15, -0.1) is 12.4 Å². The van der Waals surface area contributed by atoms with Crippen LogP contribution in [0.25, 0.3) is 11.3 Å². The number of carbonyl (C=O) groups is 1. The smallest absolute Gasteiger partial charge is 0.356 e. The van der Waals surface area contributed by atoms with E-state index in [0.717, 1.165) is 11.1 Å². The number of carboxylic acids is 1. The summed E-state index contributed by atoms with van der Waals surface area (Å²) < 4.78 is 1.60. The summed E-state index contributed by atoms with van der Waals surface area (Å²) in [5, 5.41) is 15.0. The first-order valence-corrected chi connectivity index (χ1v) is 8.08. The van der Waals surface area contributed by atoms with E-state index in [1.807, 2.05) is 12.1 Å². The Morgan fingerprint density at radius 3 is 2.24 bits per heavy atom. The van der Waals surface area contributed by atoms with E-state index in [4.69, 9.17) is 34.8 Å². The molecule has 0 amide bonds. The van der Waals surface area contributed by atoms with Gasteiger partial charge in [-0.2, -0.15) is 5.10 Å². The SMILES string of the molecule is Cl.O=C(O)c1cc(-c2ccc(Cl)cc2)n(Cc2ccc(Cl)cc2Cl)n1. The average Bonchev–Trinajstić information content (AvgIpc) is 2.95. The first-order chi connectivity index (χ1) is 11.4. The molecule has 4 nitrogen and oxygen atoms in total. The van der Waals surface area contributed by atoms with E-state index < -0.39 is 5.97 Å². The maximum atomic E-state index is 11.3. The summed E-state index contributed by atoms with van der Waals surface area (Å²) in [6, 6.07) is 13.8. The quantitative estimate of drug-likeness (QED) is 0.594. The van der Waals surface area contributed by atoms with E-state index in [-0.39, 0.29) is 18.1 Å². The maximum absolute atomic E-state index is 11.3. The molecular weight excluding hydrogens is 406 g/mol. The summed E-state index contributed by atoms with van der Waals surface area (Å²) in [6.45, 7) is 0.321. The van der Waals surface area contributed by atoms with E-state index in [1.165, 1.54) is 6.07 Å². The van der Waals surface area contributed by atoms with Crippen LogP contribution in [0.3, 0.4) is 0 Å². The Hall–Kier alpha value is -1.72. The number of aromatic carboxylic acids is 1. The van der Waals surface area contributed by atoms with Crippen molar-refractivity contribution in [3.63, 3.8) is 0 Å². The van der Waals surface area contributed by atoms with Gasteiger partial charge in [0.1, 0.15) is 0 Å². The summed E-state index contributed by atoms with van der Waals surface area (Å²) in [7, 11) is 0. The molecule has 1 aromatic heterocycles.